The average Bonchev–Trinajstić information content (AvgIpc) is 2.57. The molecule has 0 unspecified atom stereocenters. The summed E-state index contributed by atoms with van der Waals surface area (Å²) in [6.45, 7) is 10.2. The Labute approximate surface area is 134 Å². The zero-order chi connectivity index (χ0) is 15.4. The second-order valence-corrected chi connectivity index (χ2v) is 6.35. The lowest BCUT2D eigenvalue weighted by Gasteiger charge is -2.37. The molecule has 2 aromatic rings. The smallest absolute Gasteiger partial charge is 0.0399 e. The summed E-state index contributed by atoms with van der Waals surface area (Å²) < 4.78 is 0. The monoisotopic (exact) mass is 294 g/mol. The summed E-state index contributed by atoms with van der Waals surface area (Å²) in [5.74, 6) is 0. The minimum absolute atomic E-state index is 1.14. The number of anilines is 1. The average molecular weight is 294 g/mol. The van der Waals surface area contributed by atoms with Crippen LogP contribution in [0.15, 0.2) is 48.5 Å². The normalized spacial score (nSPS) is 16.0. The molecule has 0 amide bonds. The molecule has 2 heteroatoms. The standard InChI is InChI=1S/C20H26N2/c1-17-8-9-18(2)20(16-17)22-14-12-21(13-15-22)11-10-19-6-4-3-5-7-19/h3-9,16H,10-15H2,1-2H3. The highest BCUT2D eigenvalue weighted by molar-refractivity contribution is 5.55. The van der Waals surface area contributed by atoms with Gasteiger partial charge in [-0.25, -0.2) is 0 Å². The van der Waals surface area contributed by atoms with Gasteiger partial charge < -0.3 is 4.90 Å². The van der Waals surface area contributed by atoms with E-state index in [-0.39, 0.29) is 0 Å². The van der Waals surface area contributed by atoms with Gasteiger partial charge in [0.25, 0.3) is 0 Å². The molecule has 1 fully saturated rings. The van der Waals surface area contributed by atoms with Crippen LogP contribution in [0.2, 0.25) is 0 Å². The lowest BCUT2D eigenvalue weighted by Crippen LogP contribution is -2.47. The van der Waals surface area contributed by atoms with Crippen molar-refractivity contribution in [1.82, 2.24) is 4.90 Å². The Balaban J connectivity index is 1.53. The fourth-order valence-electron chi connectivity index (χ4n) is 3.20. The summed E-state index contributed by atoms with van der Waals surface area (Å²) in [5, 5.41) is 0. The van der Waals surface area contributed by atoms with E-state index in [4.69, 9.17) is 0 Å². The third kappa shape index (κ3) is 3.69. The molecule has 2 aromatic carbocycles. The van der Waals surface area contributed by atoms with Crippen molar-refractivity contribution < 1.29 is 0 Å². The highest BCUT2D eigenvalue weighted by Gasteiger charge is 2.18. The summed E-state index contributed by atoms with van der Waals surface area (Å²) in [7, 11) is 0. The minimum Gasteiger partial charge on any atom is -0.369 e. The van der Waals surface area contributed by atoms with Gasteiger partial charge in [-0.3, -0.25) is 4.90 Å². The van der Waals surface area contributed by atoms with Crippen molar-refractivity contribution in [2.75, 3.05) is 37.6 Å². The van der Waals surface area contributed by atoms with Crippen LogP contribution in [0, 0.1) is 13.8 Å². The number of aryl methyl sites for hydroxylation is 2. The lowest BCUT2D eigenvalue weighted by atomic mass is 10.1. The largest absolute Gasteiger partial charge is 0.369 e. The topological polar surface area (TPSA) is 6.48 Å². The van der Waals surface area contributed by atoms with Gasteiger partial charge in [0, 0.05) is 38.4 Å². The Morgan fingerprint density at radius 1 is 0.864 bits per heavy atom. The fourth-order valence-corrected chi connectivity index (χ4v) is 3.20. The molecule has 116 valence electrons. The Morgan fingerprint density at radius 2 is 1.59 bits per heavy atom. The Hall–Kier alpha value is -1.80. The lowest BCUT2D eigenvalue weighted by molar-refractivity contribution is 0.261. The molecule has 0 saturated carbocycles. The predicted octanol–water partition coefficient (Wildman–Crippen LogP) is 3.67. The molecule has 0 atom stereocenters. The maximum atomic E-state index is 2.59. The zero-order valence-electron chi connectivity index (χ0n) is 13.8. The van der Waals surface area contributed by atoms with E-state index < -0.39 is 0 Å². The van der Waals surface area contributed by atoms with Gasteiger partial charge in [0.2, 0.25) is 0 Å². The third-order valence-electron chi connectivity index (χ3n) is 4.64. The maximum Gasteiger partial charge on any atom is 0.0399 e. The number of benzene rings is 2. The van der Waals surface area contributed by atoms with E-state index in [2.05, 4.69) is 72.2 Å². The van der Waals surface area contributed by atoms with Crippen LogP contribution >= 0.6 is 0 Å². The van der Waals surface area contributed by atoms with Gasteiger partial charge in [-0.2, -0.15) is 0 Å². The van der Waals surface area contributed by atoms with Crippen molar-refractivity contribution >= 4 is 5.69 Å². The molecule has 0 N–H and O–H groups in total. The van der Waals surface area contributed by atoms with Gasteiger partial charge in [-0.05, 0) is 43.0 Å². The van der Waals surface area contributed by atoms with E-state index in [9.17, 15) is 0 Å². The van der Waals surface area contributed by atoms with E-state index in [0.29, 0.717) is 0 Å². The molecular weight excluding hydrogens is 268 g/mol. The molecule has 0 bridgehead atoms. The molecule has 1 heterocycles. The van der Waals surface area contributed by atoms with Crippen LogP contribution in [-0.2, 0) is 6.42 Å². The van der Waals surface area contributed by atoms with Crippen molar-refractivity contribution in [3.05, 3.63) is 65.2 Å². The first kappa shape index (κ1) is 15.1. The highest BCUT2D eigenvalue weighted by Crippen LogP contribution is 2.22. The fraction of sp³-hybridized carbons (Fsp3) is 0.400. The summed E-state index contributed by atoms with van der Waals surface area (Å²) in [6.07, 6.45) is 1.16. The molecule has 1 aliphatic rings. The minimum atomic E-state index is 1.14. The van der Waals surface area contributed by atoms with Crippen LogP contribution in [-0.4, -0.2) is 37.6 Å². The van der Waals surface area contributed by atoms with E-state index >= 15 is 0 Å². The van der Waals surface area contributed by atoms with Crippen molar-refractivity contribution in [3.63, 3.8) is 0 Å². The van der Waals surface area contributed by atoms with Crippen LogP contribution in [0.25, 0.3) is 0 Å². The van der Waals surface area contributed by atoms with E-state index in [1.165, 1.54) is 42.0 Å². The zero-order valence-corrected chi connectivity index (χ0v) is 13.8. The number of piperazine rings is 1. The number of nitrogens with zero attached hydrogens (tertiary/aromatic N) is 2. The molecule has 0 spiro atoms. The van der Waals surface area contributed by atoms with Crippen molar-refractivity contribution in [2.45, 2.75) is 20.3 Å². The summed E-state index contributed by atoms with van der Waals surface area (Å²) in [6, 6.07) is 17.6. The maximum absolute atomic E-state index is 2.59. The molecule has 2 nitrogen and oxygen atoms in total. The third-order valence-corrected chi connectivity index (χ3v) is 4.64. The molecule has 0 radical (unpaired) electrons. The van der Waals surface area contributed by atoms with Crippen molar-refractivity contribution in [2.24, 2.45) is 0 Å². The highest BCUT2D eigenvalue weighted by atomic mass is 15.3. The first-order valence-electron chi connectivity index (χ1n) is 8.31. The second kappa shape index (κ2) is 6.97. The van der Waals surface area contributed by atoms with Crippen LogP contribution in [0.4, 0.5) is 5.69 Å². The summed E-state index contributed by atoms with van der Waals surface area (Å²) >= 11 is 0. The summed E-state index contributed by atoms with van der Waals surface area (Å²) in [4.78, 5) is 5.13. The number of rotatable bonds is 4. The molecule has 3 rings (SSSR count). The molecule has 1 saturated heterocycles. The first-order valence-corrected chi connectivity index (χ1v) is 8.31. The first-order chi connectivity index (χ1) is 10.7. The second-order valence-electron chi connectivity index (χ2n) is 6.35. The Morgan fingerprint density at radius 3 is 2.32 bits per heavy atom. The van der Waals surface area contributed by atoms with Gasteiger partial charge in [-0.15, -0.1) is 0 Å². The van der Waals surface area contributed by atoms with Crippen molar-refractivity contribution in [3.8, 4) is 0 Å². The van der Waals surface area contributed by atoms with E-state index in [1.807, 2.05) is 0 Å². The van der Waals surface area contributed by atoms with Gasteiger partial charge in [-0.1, -0.05) is 42.5 Å². The SMILES string of the molecule is Cc1ccc(C)c(N2CCN(CCc3ccccc3)CC2)c1. The van der Waals surface area contributed by atoms with Crippen LogP contribution in [0.5, 0.6) is 0 Å². The van der Waals surface area contributed by atoms with Crippen LogP contribution in [0.3, 0.4) is 0 Å². The molecular formula is C20H26N2. The molecule has 1 aliphatic heterocycles. The van der Waals surface area contributed by atoms with E-state index in [0.717, 1.165) is 19.5 Å². The summed E-state index contributed by atoms with van der Waals surface area (Å²) in [5.41, 5.74) is 5.61. The number of hydrogen-bond acceptors (Lipinski definition) is 2. The molecule has 0 aromatic heterocycles. The Kier molecular flexibility index (Phi) is 4.79. The van der Waals surface area contributed by atoms with Crippen LogP contribution < -0.4 is 4.90 Å². The van der Waals surface area contributed by atoms with Crippen molar-refractivity contribution in [1.29, 1.82) is 0 Å². The van der Waals surface area contributed by atoms with Gasteiger partial charge in [0.15, 0.2) is 0 Å². The van der Waals surface area contributed by atoms with E-state index in [1.54, 1.807) is 0 Å². The van der Waals surface area contributed by atoms with Gasteiger partial charge >= 0.3 is 0 Å². The molecule has 0 aliphatic carbocycles. The van der Waals surface area contributed by atoms with Crippen LogP contribution in [0.1, 0.15) is 16.7 Å². The van der Waals surface area contributed by atoms with Gasteiger partial charge in [0.05, 0.1) is 0 Å². The quantitative estimate of drug-likeness (QED) is 0.849. The molecule has 22 heavy (non-hydrogen) atoms. The number of hydrogen-bond donors (Lipinski definition) is 0. The van der Waals surface area contributed by atoms with Gasteiger partial charge in [0.1, 0.15) is 0 Å². The Bertz CT molecular complexity index is 598. The predicted molar refractivity (Wildman–Crippen MR) is 94.7 cm³/mol.